The van der Waals surface area contributed by atoms with Crippen molar-refractivity contribution in [2.75, 3.05) is 0 Å². The zero-order valence-corrected chi connectivity index (χ0v) is 31.0. The molecular weight excluding hydrogens is 743 g/mol. The molecule has 1 aliphatic rings. The number of carboxylic acid groups (broad SMARTS) is 3. The number of aromatic nitrogens is 4. The summed E-state index contributed by atoms with van der Waals surface area (Å²) in [6.07, 6.45) is 0.614. The fraction of sp³-hybridized carbons (Fsp3) is 0.212. The van der Waals surface area contributed by atoms with Crippen LogP contribution < -0.4 is 34.7 Å². The van der Waals surface area contributed by atoms with Gasteiger partial charge in [-0.1, -0.05) is 12.1 Å². The van der Waals surface area contributed by atoms with E-state index in [-0.39, 0.29) is 75.9 Å². The van der Waals surface area contributed by atoms with Crippen molar-refractivity contribution in [2.45, 2.75) is 43.6 Å². The number of nitrogens with zero attached hydrogens (tertiary/aromatic N) is 6. The number of aliphatic carboxylic acids is 1. The first kappa shape index (κ1) is 41.2. The van der Waals surface area contributed by atoms with Crippen LogP contribution >= 0.6 is 0 Å². The van der Waals surface area contributed by atoms with Crippen LogP contribution in [0.5, 0.6) is 0 Å². The number of aromatic carboxylic acids is 2. The number of hydrogen-bond acceptors (Lipinski definition) is 15. The number of carbonyl (C=O) groups is 6. The molecule has 5 rings (SSSR count). The quantitative estimate of drug-likeness (QED) is 0.0633. The van der Waals surface area contributed by atoms with E-state index >= 15 is 0 Å². The molecule has 19 nitrogen and oxygen atoms in total. The van der Waals surface area contributed by atoms with E-state index < -0.39 is 87.8 Å². The molecule has 0 aliphatic carbocycles. The fourth-order valence-electron chi connectivity index (χ4n) is 5.38. The van der Waals surface area contributed by atoms with Gasteiger partial charge in [0.25, 0.3) is 21.9 Å². The molecule has 4 aromatic rings. The molecule has 274 valence electrons. The second-order valence-corrected chi connectivity index (χ2v) is 13.1. The molecule has 0 radical (unpaired) electrons. The van der Waals surface area contributed by atoms with E-state index in [9.17, 15) is 57.1 Å². The van der Waals surface area contributed by atoms with Gasteiger partial charge in [-0.15, -0.1) is 5.06 Å². The summed E-state index contributed by atoms with van der Waals surface area (Å²) in [5, 5.41) is 29.9. The largest absolute Gasteiger partial charge is 1.00 e. The molecule has 0 saturated carbocycles. The van der Waals surface area contributed by atoms with Crippen molar-refractivity contribution in [3.8, 4) is 22.8 Å². The third kappa shape index (κ3) is 10.1. The summed E-state index contributed by atoms with van der Waals surface area (Å²) in [5.41, 5.74) is 0.360. The van der Waals surface area contributed by atoms with E-state index in [0.29, 0.717) is 5.69 Å². The van der Waals surface area contributed by atoms with Crippen LogP contribution in [0.1, 0.15) is 51.4 Å². The first-order chi connectivity index (χ1) is 25.1. The molecule has 5 heterocycles. The molecule has 3 N–H and O–H groups in total. The molecule has 0 bridgehead atoms. The number of carbonyl (C=O) groups excluding carboxylic acids is 4. The summed E-state index contributed by atoms with van der Waals surface area (Å²) in [7, 11) is -5.00. The van der Waals surface area contributed by atoms with E-state index in [1.54, 1.807) is 36.4 Å². The Morgan fingerprint density at radius 3 is 1.85 bits per heavy atom. The van der Waals surface area contributed by atoms with Gasteiger partial charge in [-0.3, -0.25) is 33.8 Å². The minimum atomic E-state index is -5.00. The summed E-state index contributed by atoms with van der Waals surface area (Å²) >= 11 is 0. The Kier molecular flexibility index (Phi) is 13.4. The molecule has 0 spiro atoms. The van der Waals surface area contributed by atoms with Crippen LogP contribution in [-0.4, -0.2) is 100 Å². The Morgan fingerprint density at radius 2 is 1.41 bits per heavy atom. The Bertz CT molecular complexity index is 2110. The molecule has 1 aliphatic heterocycles. The molecule has 1 saturated heterocycles. The van der Waals surface area contributed by atoms with Crippen LogP contribution in [0.25, 0.3) is 22.8 Å². The van der Waals surface area contributed by atoms with Crippen LogP contribution in [0.15, 0.2) is 73.1 Å². The number of amides is 2. The van der Waals surface area contributed by atoms with Gasteiger partial charge >= 0.3 is 47.5 Å². The summed E-state index contributed by atoms with van der Waals surface area (Å²) < 4.78 is 32.2. The topological polar surface area (TPSA) is 288 Å². The molecule has 2 atom stereocenters. The molecule has 1 fully saturated rings. The Labute approximate surface area is 327 Å². The van der Waals surface area contributed by atoms with E-state index in [1.165, 1.54) is 35.5 Å². The van der Waals surface area contributed by atoms with Gasteiger partial charge in [0.15, 0.2) is 5.25 Å². The number of rotatable bonds is 15. The predicted octanol–water partition coefficient (Wildman–Crippen LogP) is -2.62. The molecule has 21 heteroatoms. The second-order valence-electron chi connectivity index (χ2n) is 11.5. The van der Waals surface area contributed by atoms with Gasteiger partial charge in [0.1, 0.15) is 11.7 Å². The first-order valence-electron chi connectivity index (χ1n) is 15.4. The van der Waals surface area contributed by atoms with Crippen LogP contribution in [0, 0.1) is 0 Å². The number of pyridine rings is 4. The van der Waals surface area contributed by atoms with Gasteiger partial charge in [-0.05, 0) is 66.1 Å². The number of hydrogen-bond donors (Lipinski definition) is 3. The third-order valence-electron chi connectivity index (χ3n) is 7.79. The predicted molar refractivity (Wildman–Crippen MR) is 174 cm³/mol. The number of imide groups is 1. The smallest absolute Gasteiger partial charge is 0.543 e. The van der Waals surface area contributed by atoms with Crippen molar-refractivity contribution in [3.05, 3.63) is 95.6 Å². The summed E-state index contributed by atoms with van der Waals surface area (Å²) in [5.74, 6) is -8.58. The molecule has 1 unspecified atom stereocenters. The fourth-order valence-corrected chi connectivity index (χ4v) is 6.09. The third-order valence-corrected chi connectivity index (χ3v) is 8.87. The van der Waals surface area contributed by atoms with Crippen LogP contribution in [0.4, 0.5) is 0 Å². The van der Waals surface area contributed by atoms with Crippen LogP contribution in [0.3, 0.4) is 0 Å². The van der Waals surface area contributed by atoms with Gasteiger partial charge in [-0.25, -0.2) is 19.6 Å². The molecule has 4 aromatic heterocycles. The molecule has 0 aromatic carbocycles. The van der Waals surface area contributed by atoms with E-state index in [1.807, 2.05) is 0 Å². The van der Waals surface area contributed by atoms with Gasteiger partial charge < -0.3 is 25.0 Å². The van der Waals surface area contributed by atoms with Gasteiger partial charge in [-0.2, -0.15) is 8.42 Å². The van der Waals surface area contributed by atoms with Crippen LogP contribution in [-0.2, 0) is 47.2 Å². The monoisotopic (exact) mass is 770 g/mol. The maximum atomic E-state index is 12.8. The standard InChI is InChI=1S/C33H28N6O13S.Na/c40-28-15-27(53(49,50)51)30(42)39(28)52-29(41)8-7-26(33(47)48)38(16-18-11-22(20-5-1-3-9-34-20)36-24(13-18)31(43)44)17-19-12-23(21-6-2-4-10-35-21)37-25(14-19)32(45)46;/h1-6,9-14,26-27H,7-8,15-17H2,(H,43,44)(H,45,46)(H,47,48)(H,49,50,51);/q;+1/p-1/t26-,27?;/m0./s1. The van der Waals surface area contributed by atoms with Crippen molar-refractivity contribution >= 4 is 45.8 Å². The Hall–Kier alpha value is -5.51. The molecular formula is C33H27N6NaO13S. The number of carboxylic acids is 3. The zero-order chi connectivity index (χ0) is 38.4. The summed E-state index contributed by atoms with van der Waals surface area (Å²) in [6, 6.07) is 13.4. The average molecular weight is 771 g/mol. The number of hydroxylamine groups is 2. The van der Waals surface area contributed by atoms with Crippen molar-refractivity contribution in [1.82, 2.24) is 29.9 Å². The maximum absolute atomic E-state index is 12.8. The second kappa shape index (κ2) is 17.5. The minimum Gasteiger partial charge on any atom is -0.543 e. The Morgan fingerprint density at radius 1 is 0.870 bits per heavy atom. The van der Waals surface area contributed by atoms with E-state index in [0.717, 1.165) is 6.07 Å². The average Bonchev–Trinajstić information content (AvgIpc) is 3.41. The van der Waals surface area contributed by atoms with E-state index in [2.05, 4.69) is 19.9 Å². The SMILES string of the molecule is O=C(CC[C@@H](C(=O)O)N(Cc1cc(C(=O)[O-])nc(-c2ccccn2)c1)Cc1cc(C(=O)O)nc(-c2ccccn2)c1)ON1C(=O)CC(S(=O)(=O)O)C1=O.[Na+]. The van der Waals surface area contributed by atoms with Crippen molar-refractivity contribution in [1.29, 1.82) is 0 Å². The normalized spacial score (nSPS) is 14.7. The first-order valence-corrected chi connectivity index (χ1v) is 16.9. The zero-order valence-electron chi connectivity index (χ0n) is 28.1. The summed E-state index contributed by atoms with van der Waals surface area (Å²) in [6.45, 7) is -0.660. The summed E-state index contributed by atoms with van der Waals surface area (Å²) in [4.78, 5) is 96.8. The maximum Gasteiger partial charge on any atom is 1.00 e. The Balaban J connectivity index is 0.00000650. The van der Waals surface area contributed by atoms with E-state index in [4.69, 9.17) is 4.84 Å². The van der Waals surface area contributed by atoms with Gasteiger partial charge in [0.2, 0.25) is 0 Å². The van der Waals surface area contributed by atoms with Crippen molar-refractivity contribution in [3.63, 3.8) is 0 Å². The van der Waals surface area contributed by atoms with Gasteiger partial charge in [0.05, 0.1) is 47.3 Å². The molecule has 2 amide bonds. The molecule has 54 heavy (non-hydrogen) atoms. The minimum absolute atomic E-state index is 0. The van der Waals surface area contributed by atoms with Crippen molar-refractivity contribution in [2.24, 2.45) is 0 Å². The van der Waals surface area contributed by atoms with Gasteiger partial charge in [0, 0.05) is 25.5 Å². The van der Waals surface area contributed by atoms with Crippen LogP contribution in [0.2, 0.25) is 0 Å². The van der Waals surface area contributed by atoms with Crippen molar-refractivity contribution < 1.29 is 91.5 Å².